The molecule has 2 aliphatic rings. The van der Waals surface area contributed by atoms with Crippen LogP contribution in [0.3, 0.4) is 0 Å². The Bertz CT molecular complexity index is 2000. The summed E-state index contributed by atoms with van der Waals surface area (Å²) in [7, 11) is 3.95. The second-order valence-corrected chi connectivity index (χ2v) is 13.2. The van der Waals surface area contributed by atoms with Crippen molar-refractivity contribution in [2.45, 2.75) is 32.1 Å². The second kappa shape index (κ2) is 9.22. The number of rotatable bonds is 3. The van der Waals surface area contributed by atoms with Crippen LogP contribution in [0.15, 0.2) is 83.8 Å². The molecule has 0 radical (unpaired) electrons. The second-order valence-electron chi connectivity index (χ2n) is 11.0. The van der Waals surface area contributed by atoms with Gasteiger partial charge in [-0.05, 0) is 75.8 Å². The van der Waals surface area contributed by atoms with Crippen LogP contribution in [-0.4, -0.2) is 35.1 Å². The molecule has 0 fully saturated rings. The number of anilines is 1. The van der Waals surface area contributed by atoms with Gasteiger partial charge in [-0.1, -0.05) is 77.1 Å². The number of fused-ring (bicyclic) bond motifs is 1. The fourth-order valence-electron chi connectivity index (χ4n) is 6.72. The molecule has 1 aliphatic heterocycles. The summed E-state index contributed by atoms with van der Waals surface area (Å²) >= 11 is 0. The Morgan fingerprint density at radius 2 is 1.57 bits per heavy atom. The smallest absolute Gasteiger partial charge is 0.236 e. The molecule has 0 amide bonds. The molecule has 1 unspecified atom stereocenters. The molecule has 3 heteroatoms. The van der Waals surface area contributed by atoms with E-state index in [0.29, 0.717) is 0 Å². The van der Waals surface area contributed by atoms with E-state index in [1.165, 1.54) is 64.4 Å². The van der Waals surface area contributed by atoms with Crippen LogP contribution in [-0.2, 0) is 6.42 Å². The lowest BCUT2D eigenvalue weighted by Gasteiger charge is -2.24. The number of hydrogen-bond donors (Lipinski definition) is 0. The van der Waals surface area contributed by atoms with Crippen molar-refractivity contribution in [1.82, 2.24) is 0 Å². The highest BCUT2D eigenvalue weighted by molar-refractivity contribution is 8.29. The molecule has 0 spiro atoms. The van der Waals surface area contributed by atoms with Crippen molar-refractivity contribution in [2.75, 3.05) is 25.5 Å². The van der Waals surface area contributed by atoms with Crippen molar-refractivity contribution in [3.05, 3.63) is 101 Å². The molecule has 196 valence electrons. The Kier molecular flexibility index (Phi) is 5.73. The SMILES string of the molecule is C#Cc1c(-c2ccc(N(C)C)cc2)ccc2c1[N+](CC)=C(C)S2=C1Cc2c(C)ccc3ccc4cccc1c4c23. The first-order valence-electron chi connectivity index (χ1n) is 14.0. The zero-order chi connectivity index (χ0) is 27.7. The highest BCUT2D eigenvalue weighted by atomic mass is 32.2. The van der Waals surface area contributed by atoms with Gasteiger partial charge in [-0.2, -0.15) is 4.58 Å². The normalized spacial score (nSPS) is 16.6. The van der Waals surface area contributed by atoms with Crippen molar-refractivity contribution in [2.24, 2.45) is 0 Å². The van der Waals surface area contributed by atoms with Crippen molar-refractivity contribution in [3.63, 3.8) is 0 Å². The van der Waals surface area contributed by atoms with Crippen LogP contribution < -0.4 is 4.90 Å². The zero-order valence-electron chi connectivity index (χ0n) is 23.8. The summed E-state index contributed by atoms with van der Waals surface area (Å²) in [5.74, 6) is 3.13. The maximum atomic E-state index is 6.32. The van der Waals surface area contributed by atoms with Gasteiger partial charge in [0.1, 0.15) is 12.1 Å². The Labute approximate surface area is 239 Å². The molecule has 5 aromatic carbocycles. The molecule has 1 atom stereocenters. The molecule has 0 aromatic heterocycles. The van der Waals surface area contributed by atoms with Crippen molar-refractivity contribution >= 4 is 53.3 Å². The first-order valence-corrected chi connectivity index (χ1v) is 15.2. The van der Waals surface area contributed by atoms with E-state index in [1.807, 2.05) is 0 Å². The Morgan fingerprint density at radius 1 is 0.850 bits per heavy atom. The molecule has 0 saturated heterocycles. The molecule has 40 heavy (non-hydrogen) atoms. The molecule has 1 heterocycles. The van der Waals surface area contributed by atoms with Crippen LogP contribution >= 0.6 is 10.5 Å². The summed E-state index contributed by atoms with van der Waals surface area (Å²) < 4.78 is 2.48. The third-order valence-corrected chi connectivity index (χ3v) is 11.2. The van der Waals surface area contributed by atoms with Crippen molar-refractivity contribution < 1.29 is 4.58 Å². The van der Waals surface area contributed by atoms with Gasteiger partial charge in [0.25, 0.3) is 0 Å². The topological polar surface area (TPSA) is 6.25 Å². The lowest BCUT2D eigenvalue weighted by molar-refractivity contribution is -0.434. The van der Waals surface area contributed by atoms with E-state index < -0.39 is 0 Å². The predicted molar refractivity (Wildman–Crippen MR) is 175 cm³/mol. The third kappa shape index (κ3) is 3.46. The van der Waals surface area contributed by atoms with E-state index in [-0.39, 0.29) is 10.5 Å². The zero-order valence-corrected chi connectivity index (χ0v) is 24.6. The fraction of sp³-hybridized carbons (Fsp3) is 0.189. The average Bonchev–Trinajstić information content (AvgIpc) is 3.27. The molecule has 0 saturated carbocycles. The van der Waals surface area contributed by atoms with E-state index >= 15 is 0 Å². The van der Waals surface area contributed by atoms with Crippen LogP contribution in [0.1, 0.15) is 36.1 Å². The van der Waals surface area contributed by atoms with Crippen LogP contribution in [0.25, 0.3) is 32.7 Å². The minimum atomic E-state index is -0.185. The first kappa shape index (κ1) is 24.9. The number of hydrogen-bond acceptors (Lipinski definition) is 1. The standard InChI is InChI=1S/C37H33N2S/c1-7-29-30(25-16-18-28(19-17-25)38(5)6)20-21-33-37(29)39(8-2)24(4)40(33)34-22-32-23(3)12-13-27-15-14-26-10-9-11-31(34)35(26)36(27)32/h1,9-21H,8,22H2,2-6H3/q+1. The van der Waals surface area contributed by atoms with Gasteiger partial charge in [-0.3, -0.25) is 0 Å². The Balaban J connectivity index is 1.53. The first-order chi connectivity index (χ1) is 19.4. The average molecular weight is 538 g/mol. The van der Waals surface area contributed by atoms with Gasteiger partial charge in [0, 0.05) is 43.6 Å². The van der Waals surface area contributed by atoms with Crippen molar-refractivity contribution in [3.8, 4) is 23.5 Å². The molecule has 1 aliphatic carbocycles. The Morgan fingerprint density at radius 3 is 2.27 bits per heavy atom. The molecular formula is C37H33N2S+. The van der Waals surface area contributed by atoms with E-state index in [2.05, 4.69) is 129 Å². The van der Waals surface area contributed by atoms with Gasteiger partial charge in [0.15, 0.2) is 0 Å². The van der Waals surface area contributed by atoms with Crippen molar-refractivity contribution in [1.29, 1.82) is 0 Å². The summed E-state index contributed by atoms with van der Waals surface area (Å²) in [5, 5.41) is 6.90. The molecular weight excluding hydrogens is 504 g/mol. The van der Waals surface area contributed by atoms with Gasteiger partial charge in [0.2, 0.25) is 10.7 Å². The largest absolute Gasteiger partial charge is 0.378 e. The van der Waals surface area contributed by atoms with E-state index in [9.17, 15) is 0 Å². The maximum Gasteiger partial charge on any atom is 0.236 e. The lowest BCUT2D eigenvalue weighted by atomic mass is 9.84. The summed E-state index contributed by atoms with van der Waals surface area (Å²) in [4.78, 5) is 5.00. The summed E-state index contributed by atoms with van der Waals surface area (Å²) in [6, 6.07) is 29.3. The lowest BCUT2D eigenvalue weighted by Crippen LogP contribution is -2.15. The highest BCUT2D eigenvalue weighted by Gasteiger charge is 2.37. The minimum Gasteiger partial charge on any atom is -0.378 e. The van der Waals surface area contributed by atoms with Gasteiger partial charge < -0.3 is 4.90 Å². The quantitative estimate of drug-likeness (QED) is 0.0968. The summed E-state index contributed by atoms with van der Waals surface area (Å²) in [6.45, 7) is 7.72. The monoisotopic (exact) mass is 537 g/mol. The maximum absolute atomic E-state index is 6.32. The Hall–Kier alpha value is -4.13. The minimum absolute atomic E-state index is 0.185. The highest BCUT2D eigenvalue weighted by Crippen LogP contribution is 2.50. The molecule has 2 nitrogen and oxygen atoms in total. The molecule has 0 bridgehead atoms. The number of nitrogens with zero attached hydrogens (tertiary/aromatic N) is 2. The van der Waals surface area contributed by atoms with Gasteiger partial charge in [-0.15, -0.1) is 6.42 Å². The molecule has 5 aromatic rings. The summed E-state index contributed by atoms with van der Waals surface area (Å²) in [6.07, 6.45) is 7.29. The van der Waals surface area contributed by atoms with E-state index in [0.717, 1.165) is 29.7 Å². The molecule has 7 rings (SSSR count). The molecule has 0 N–H and O–H groups in total. The number of benzene rings is 5. The van der Waals surface area contributed by atoms with Crippen LogP contribution in [0.5, 0.6) is 0 Å². The van der Waals surface area contributed by atoms with Gasteiger partial charge >= 0.3 is 0 Å². The van der Waals surface area contributed by atoms with Gasteiger partial charge in [-0.25, -0.2) is 0 Å². The van der Waals surface area contributed by atoms with Crippen LogP contribution in [0.2, 0.25) is 0 Å². The van der Waals surface area contributed by atoms with Gasteiger partial charge in [0.05, 0.1) is 4.90 Å². The fourth-order valence-corrected chi connectivity index (χ4v) is 9.39. The predicted octanol–water partition coefficient (Wildman–Crippen LogP) is 8.52. The van der Waals surface area contributed by atoms with E-state index in [1.54, 1.807) is 0 Å². The third-order valence-electron chi connectivity index (χ3n) is 8.71. The number of terminal acetylenes is 1. The number of aryl methyl sites for hydroxylation is 1. The van der Waals surface area contributed by atoms with Crippen LogP contribution in [0, 0.1) is 19.3 Å². The van der Waals surface area contributed by atoms with E-state index in [4.69, 9.17) is 6.42 Å². The summed E-state index contributed by atoms with van der Waals surface area (Å²) in [5.41, 5.74) is 9.94. The van der Waals surface area contributed by atoms with Crippen LogP contribution in [0.4, 0.5) is 11.4 Å².